The van der Waals surface area contributed by atoms with Gasteiger partial charge in [-0.2, -0.15) is 0 Å². The van der Waals surface area contributed by atoms with Crippen LogP contribution >= 0.6 is 0 Å². The van der Waals surface area contributed by atoms with Gasteiger partial charge in [0.15, 0.2) is 0 Å². The van der Waals surface area contributed by atoms with Gasteiger partial charge in [-0.1, -0.05) is 12.1 Å². The number of nitrogens with two attached hydrogens (primary N) is 1. The fourth-order valence-corrected chi connectivity index (χ4v) is 3.48. The topological polar surface area (TPSA) is 76.5 Å². The monoisotopic (exact) mass is 328 g/mol. The lowest BCUT2D eigenvalue weighted by molar-refractivity contribution is -0.136. The van der Waals surface area contributed by atoms with Gasteiger partial charge in [-0.25, -0.2) is 0 Å². The first-order valence-electron chi connectivity index (χ1n) is 8.43. The van der Waals surface area contributed by atoms with Crippen LogP contribution in [0.5, 0.6) is 0 Å². The number of amides is 2. The van der Waals surface area contributed by atoms with Crippen LogP contribution in [-0.4, -0.2) is 29.3 Å². The summed E-state index contributed by atoms with van der Waals surface area (Å²) in [6, 6.07) is 4.19. The minimum atomic E-state index is -0.320. The van der Waals surface area contributed by atoms with Crippen LogP contribution in [0.2, 0.25) is 0 Å². The Morgan fingerprint density at radius 2 is 2.04 bits per heavy atom. The van der Waals surface area contributed by atoms with Gasteiger partial charge in [-0.3, -0.25) is 9.59 Å². The number of hydrogen-bond donors (Lipinski definition) is 1. The molecule has 3 rings (SSSR count). The number of fused-ring (bicyclic) bond motifs is 1. The Bertz CT molecular complexity index is 793. The number of primary amides is 1. The van der Waals surface area contributed by atoms with Crippen LogP contribution in [0.25, 0.3) is 11.0 Å². The lowest BCUT2D eigenvalue weighted by Gasteiger charge is -2.37. The van der Waals surface area contributed by atoms with Gasteiger partial charge in [0.25, 0.3) is 0 Å². The Morgan fingerprint density at radius 3 is 2.75 bits per heavy atom. The molecule has 5 nitrogen and oxygen atoms in total. The highest BCUT2D eigenvalue weighted by atomic mass is 16.3. The first kappa shape index (κ1) is 16.6. The SMILES string of the molecule is Cc1ccc2c(CC(=O)N3C[C@@H](C(N)=O)CC[C@H]3C)coc2c1C. The van der Waals surface area contributed by atoms with Gasteiger partial charge in [-0.15, -0.1) is 0 Å². The zero-order valence-electron chi connectivity index (χ0n) is 14.5. The van der Waals surface area contributed by atoms with Crippen LogP contribution in [0.1, 0.15) is 36.5 Å². The maximum absolute atomic E-state index is 12.8. The number of carbonyl (C=O) groups is 2. The van der Waals surface area contributed by atoms with Crippen molar-refractivity contribution in [2.24, 2.45) is 11.7 Å². The molecule has 24 heavy (non-hydrogen) atoms. The zero-order valence-corrected chi connectivity index (χ0v) is 14.5. The molecule has 1 aliphatic rings. The average molecular weight is 328 g/mol. The number of aryl methyl sites for hydroxylation is 2. The lowest BCUT2D eigenvalue weighted by Crippen LogP contribution is -2.49. The minimum absolute atomic E-state index is 0.0226. The van der Waals surface area contributed by atoms with Crippen LogP contribution in [0.15, 0.2) is 22.8 Å². The van der Waals surface area contributed by atoms with E-state index < -0.39 is 0 Å². The summed E-state index contributed by atoms with van der Waals surface area (Å²) in [5.74, 6) is -0.537. The van der Waals surface area contributed by atoms with Gasteiger partial charge in [0.2, 0.25) is 11.8 Å². The van der Waals surface area contributed by atoms with E-state index >= 15 is 0 Å². The maximum Gasteiger partial charge on any atom is 0.227 e. The Morgan fingerprint density at radius 1 is 1.29 bits per heavy atom. The number of carbonyl (C=O) groups excluding carboxylic acids is 2. The average Bonchev–Trinajstić information content (AvgIpc) is 2.94. The van der Waals surface area contributed by atoms with E-state index in [1.807, 2.05) is 32.9 Å². The Hall–Kier alpha value is -2.30. The molecule has 2 N–H and O–H groups in total. The van der Waals surface area contributed by atoms with Crippen molar-refractivity contribution in [3.63, 3.8) is 0 Å². The molecule has 1 fully saturated rings. The molecule has 0 unspecified atom stereocenters. The molecule has 0 radical (unpaired) electrons. The fourth-order valence-electron chi connectivity index (χ4n) is 3.48. The van der Waals surface area contributed by atoms with Crippen molar-refractivity contribution in [1.29, 1.82) is 0 Å². The highest BCUT2D eigenvalue weighted by Crippen LogP contribution is 2.28. The summed E-state index contributed by atoms with van der Waals surface area (Å²) >= 11 is 0. The predicted octanol–water partition coefficient (Wildman–Crippen LogP) is 2.70. The van der Waals surface area contributed by atoms with E-state index in [2.05, 4.69) is 0 Å². The van der Waals surface area contributed by atoms with Crippen LogP contribution in [0, 0.1) is 19.8 Å². The van der Waals surface area contributed by atoms with Gasteiger partial charge in [0.1, 0.15) is 5.58 Å². The van der Waals surface area contributed by atoms with Crippen molar-refractivity contribution in [1.82, 2.24) is 4.90 Å². The molecule has 0 spiro atoms. The Kier molecular flexibility index (Phi) is 4.35. The number of furan rings is 1. The summed E-state index contributed by atoms with van der Waals surface area (Å²) in [6.45, 7) is 6.51. The minimum Gasteiger partial charge on any atom is -0.464 e. The van der Waals surface area contributed by atoms with Crippen molar-refractivity contribution < 1.29 is 14.0 Å². The molecule has 2 aromatic rings. The van der Waals surface area contributed by atoms with Gasteiger partial charge >= 0.3 is 0 Å². The molecule has 0 bridgehead atoms. The summed E-state index contributed by atoms with van der Waals surface area (Å²) in [4.78, 5) is 26.0. The summed E-state index contributed by atoms with van der Waals surface area (Å²) in [6.07, 6.45) is 3.53. The largest absolute Gasteiger partial charge is 0.464 e. The van der Waals surface area contributed by atoms with E-state index in [4.69, 9.17) is 10.2 Å². The van der Waals surface area contributed by atoms with E-state index in [0.29, 0.717) is 6.54 Å². The Labute approximate surface area is 141 Å². The second-order valence-corrected chi connectivity index (χ2v) is 6.89. The molecule has 2 amide bonds. The molecule has 1 saturated heterocycles. The van der Waals surface area contributed by atoms with Crippen LogP contribution in [0.3, 0.4) is 0 Å². The first-order valence-corrected chi connectivity index (χ1v) is 8.43. The number of benzene rings is 1. The van der Waals surface area contributed by atoms with E-state index in [-0.39, 0.29) is 30.2 Å². The van der Waals surface area contributed by atoms with Crippen molar-refractivity contribution in [2.75, 3.05) is 6.54 Å². The van der Waals surface area contributed by atoms with Crippen molar-refractivity contribution in [3.05, 3.63) is 35.1 Å². The smallest absolute Gasteiger partial charge is 0.227 e. The van der Waals surface area contributed by atoms with Crippen LogP contribution < -0.4 is 5.73 Å². The third kappa shape index (κ3) is 2.90. The Balaban J connectivity index is 1.82. The normalized spacial score (nSPS) is 21.2. The number of nitrogens with zero attached hydrogens (tertiary/aromatic N) is 1. The maximum atomic E-state index is 12.8. The summed E-state index contributed by atoms with van der Waals surface area (Å²) in [7, 11) is 0. The molecule has 2 heterocycles. The van der Waals surface area contributed by atoms with Gasteiger partial charge in [-0.05, 0) is 44.7 Å². The molecule has 128 valence electrons. The standard InChI is InChI=1S/C19H24N2O3/c1-11-4-7-16-15(10-24-18(16)13(11)3)8-17(22)21-9-14(19(20)23)6-5-12(21)2/h4,7,10,12,14H,5-6,8-9H2,1-3H3,(H2,20,23)/t12-,14+/m1/s1. The third-order valence-electron chi connectivity index (χ3n) is 5.29. The number of likely N-dealkylation sites (tertiary alicyclic amines) is 1. The number of rotatable bonds is 3. The first-order chi connectivity index (χ1) is 11.4. The van der Waals surface area contributed by atoms with Crippen molar-refractivity contribution >= 4 is 22.8 Å². The van der Waals surface area contributed by atoms with Crippen LogP contribution in [-0.2, 0) is 16.0 Å². The van der Waals surface area contributed by atoms with Crippen molar-refractivity contribution in [3.8, 4) is 0 Å². The number of piperidine rings is 1. The molecule has 0 aliphatic carbocycles. The van der Waals surface area contributed by atoms with Crippen LogP contribution in [0.4, 0.5) is 0 Å². The van der Waals surface area contributed by atoms with Gasteiger partial charge in [0, 0.05) is 23.5 Å². The molecule has 1 aromatic carbocycles. The summed E-state index contributed by atoms with van der Waals surface area (Å²) in [5, 5.41) is 0.988. The van der Waals surface area contributed by atoms with E-state index in [0.717, 1.165) is 34.9 Å². The fraction of sp³-hybridized carbons (Fsp3) is 0.474. The molecule has 0 saturated carbocycles. The highest BCUT2D eigenvalue weighted by Gasteiger charge is 2.31. The second-order valence-electron chi connectivity index (χ2n) is 6.89. The van der Waals surface area contributed by atoms with Gasteiger partial charge in [0.05, 0.1) is 18.6 Å². The molecule has 1 aliphatic heterocycles. The van der Waals surface area contributed by atoms with Gasteiger partial charge < -0.3 is 15.1 Å². The molecular formula is C19H24N2O3. The molecule has 5 heteroatoms. The van der Waals surface area contributed by atoms with Crippen molar-refractivity contribution in [2.45, 2.75) is 46.1 Å². The van der Waals surface area contributed by atoms with E-state index in [1.54, 1.807) is 11.2 Å². The quantitative estimate of drug-likeness (QED) is 0.941. The highest BCUT2D eigenvalue weighted by molar-refractivity contribution is 5.90. The summed E-state index contributed by atoms with van der Waals surface area (Å²) in [5.41, 5.74) is 9.44. The summed E-state index contributed by atoms with van der Waals surface area (Å²) < 4.78 is 5.69. The van der Waals surface area contributed by atoms with E-state index in [9.17, 15) is 9.59 Å². The molecule has 2 atom stereocenters. The number of hydrogen-bond acceptors (Lipinski definition) is 3. The molecular weight excluding hydrogens is 304 g/mol. The predicted molar refractivity (Wildman–Crippen MR) is 92.5 cm³/mol. The molecule has 1 aromatic heterocycles. The van der Waals surface area contributed by atoms with E-state index in [1.165, 1.54) is 5.56 Å². The second kappa shape index (κ2) is 6.30. The lowest BCUT2D eigenvalue weighted by atomic mass is 9.92. The zero-order chi connectivity index (χ0) is 17.4. The third-order valence-corrected chi connectivity index (χ3v) is 5.29.